The lowest BCUT2D eigenvalue weighted by atomic mass is 10.5. The van der Waals surface area contributed by atoms with Crippen LogP contribution in [0.4, 0.5) is 0 Å². The van der Waals surface area contributed by atoms with E-state index in [4.69, 9.17) is 5.11 Å². The van der Waals surface area contributed by atoms with Crippen LogP contribution >= 0.6 is 0 Å². The van der Waals surface area contributed by atoms with Crippen LogP contribution in [0.15, 0.2) is 12.2 Å². The molecule has 0 saturated heterocycles. The molecule has 3 N–H and O–H groups in total. The van der Waals surface area contributed by atoms with Crippen LogP contribution in [0.25, 0.3) is 0 Å². The Labute approximate surface area is 45.6 Å². The van der Waals surface area contributed by atoms with E-state index < -0.39 is 11.9 Å². The number of carbonyl (C=O) groups excluding carboxylic acids is 1. The highest BCUT2D eigenvalue weighted by Gasteiger charge is 1.86. The van der Waals surface area contributed by atoms with Gasteiger partial charge in [-0.05, 0) is 0 Å². The Morgan fingerprint density at radius 3 is 2.00 bits per heavy atom. The first-order valence-electron chi connectivity index (χ1n) is 1.83. The summed E-state index contributed by atoms with van der Waals surface area (Å²) in [5, 5.41) is 7.87. The molecular formula is C4H5NO3. The Morgan fingerprint density at radius 2 is 1.88 bits per heavy atom. The number of carbonyl (C=O) groups is 2. The average molecular weight is 115 g/mol. The van der Waals surface area contributed by atoms with Crippen LogP contribution in [0.2, 0.25) is 0 Å². The van der Waals surface area contributed by atoms with Crippen LogP contribution in [0.3, 0.4) is 0 Å². The Kier molecular flexibility index (Phi) is 2.33. The molecule has 0 heterocycles. The molecule has 0 aliphatic heterocycles. The number of amides is 1. The molecule has 0 saturated carbocycles. The summed E-state index contributed by atoms with van der Waals surface area (Å²) in [6.45, 7) is 0. The summed E-state index contributed by atoms with van der Waals surface area (Å²) < 4.78 is 0. The molecule has 0 bridgehead atoms. The monoisotopic (exact) mass is 115 g/mol. The molecule has 4 nitrogen and oxygen atoms in total. The maximum absolute atomic E-state index is 9.78. The summed E-state index contributed by atoms with van der Waals surface area (Å²) in [6, 6.07) is 0. The van der Waals surface area contributed by atoms with Gasteiger partial charge in [0.25, 0.3) is 0 Å². The van der Waals surface area contributed by atoms with E-state index in [-0.39, 0.29) is 0 Å². The molecule has 44 valence electrons. The van der Waals surface area contributed by atoms with E-state index in [0.717, 1.165) is 6.08 Å². The van der Waals surface area contributed by atoms with Crippen LogP contribution < -0.4 is 5.73 Å². The van der Waals surface area contributed by atoms with Crippen molar-refractivity contribution in [2.45, 2.75) is 0 Å². The summed E-state index contributed by atoms with van der Waals surface area (Å²) in [7, 11) is 0. The minimum Gasteiger partial charge on any atom is -0.478 e. The highest BCUT2D eigenvalue weighted by Crippen LogP contribution is 1.68. The lowest BCUT2D eigenvalue weighted by Gasteiger charge is -1.75. The van der Waals surface area contributed by atoms with Gasteiger partial charge in [0.05, 0.1) is 0 Å². The third kappa shape index (κ3) is 4.68. The normalized spacial score (nSPS) is 9.50. The predicted octanol–water partition coefficient (Wildman–Crippen LogP) is -0.888. The summed E-state index contributed by atoms with van der Waals surface area (Å²) in [4.78, 5) is 19.4. The van der Waals surface area contributed by atoms with Gasteiger partial charge in [0.15, 0.2) is 0 Å². The second-order valence-corrected chi connectivity index (χ2v) is 1.07. The predicted molar refractivity (Wildman–Crippen MR) is 26.0 cm³/mol. The number of carboxylic acids is 1. The van der Waals surface area contributed by atoms with E-state index in [9.17, 15) is 9.59 Å². The Bertz CT molecular complexity index is 122. The number of rotatable bonds is 2. The highest BCUT2D eigenvalue weighted by atomic mass is 16.4. The third-order valence-electron chi connectivity index (χ3n) is 0.390. The maximum Gasteiger partial charge on any atom is 0.328 e. The summed E-state index contributed by atoms with van der Waals surface area (Å²) in [5.74, 6) is -1.93. The molecule has 0 aliphatic carbocycles. The number of hydrogen-bond acceptors (Lipinski definition) is 2. The van der Waals surface area contributed by atoms with Gasteiger partial charge < -0.3 is 10.8 Å². The number of nitrogens with two attached hydrogens (primary N) is 1. The van der Waals surface area contributed by atoms with Crippen LogP contribution in [0, 0.1) is 0 Å². The molecule has 4 heteroatoms. The average Bonchev–Trinajstić information content (AvgIpc) is 1.61. The second kappa shape index (κ2) is 2.79. The molecule has 0 atom stereocenters. The molecule has 0 aromatic rings. The standard InChI is InChI=1S/C4H5NO3/c5-3(6)1-2-4(7)8/h1-2H,(H2,5,6)(H,7,8)/b2-1-. The van der Waals surface area contributed by atoms with Gasteiger partial charge in [-0.25, -0.2) is 4.79 Å². The van der Waals surface area contributed by atoms with Crippen LogP contribution in [0.5, 0.6) is 0 Å². The van der Waals surface area contributed by atoms with Crippen molar-refractivity contribution in [3.05, 3.63) is 12.2 Å². The highest BCUT2D eigenvalue weighted by molar-refractivity contribution is 5.92. The molecule has 0 rings (SSSR count). The summed E-state index contributed by atoms with van der Waals surface area (Å²) in [5.41, 5.74) is 4.55. The zero-order chi connectivity index (χ0) is 6.57. The van der Waals surface area contributed by atoms with Crippen molar-refractivity contribution in [3.63, 3.8) is 0 Å². The van der Waals surface area contributed by atoms with Crippen molar-refractivity contribution in [1.29, 1.82) is 0 Å². The van der Waals surface area contributed by atoms with Gasteiger partial charge in [-0.1, -0.05) is 0 Å². The van der Waals surface area contributed by atoms with E-state index >= 15 is 0 Å². The van der Waals surface area contributed by atoms with Crippen molar-refractivity contribution in [1.82, 2.24) is 0 Å². The second-order valence-electron chi connectivity index (χ2n) is 1.07. The molecular weight excluding hydrogens is 110 g/mol. The lowest BCUT2D eigenvalue weighted by Crippen LogP contribution is -2.06. The van der Waals surface area contributed by atoms with Crippen LogP contribution in [0.1, 0.15) is 0 Å². The molecule has 8 heavy (non-hydrogen) atoms. The number of primary amides is 1. The van der Waals surface area contributed by atoms with E-state index in [1.165, 1.54) is 0 Å². The number of aliphatic carboxylic acids is 1. The smallest absolute Gasteiger partial charge is 0.328 e. The minimum absolute atomic E-state index is 0.683. The SMILES string of the molecule is NC(=O)/C=C\C(=O)O. The van der Waals surface area contributed by atoms with Crippen LogP contribution in [-0.2, 0) is 9.59 Å². The minimum atomic E-state index is -1.18. The first-order chi connectivity index (χ1) is 3.63. The fraction of sp³-hybridized carbons (Fsp3) is 0. The van der Waals surface area contributed by atoms with Gasteiger partial charge in [0.1, 0.15) is 0 Å². The first kappa shape index (κ1) is 6.68. The Morgan fingerprint density at radius 1 is 1.38 bits per heavy atom. The molecule has 0 aliphatic rings. The van der Waals surface area contributed by atoms with Crippen molar-refractivity contribution in [2.24, 2.45) is 5.73 Å². The summed E-state index contributed by atoms with van der Waals surface area (Å²) in [6.07, 6.45) is 1.46. The maximum atomic E-state index is 9.78. The number of hydrogen-bond donors (Lipinski definition) is 2. The van der Waals surface area contributed by atoms with Gasteiger partial charge in [-0.15, -0.1) is 0 Å². The van der Waals surface area contributed by atoms with Gasteiger partial charge in [0.2, 0.25) is 5.91 Å². The molecule has 0 spiro atoms. The van der Waals surface area contributed by atoms with Crippen molar-refractivity contribution < 1.29 is 14.7 Å². The van der Waals surface area contributed by atoms with Crippen molar-refractivity contribution in [3.8, 4) is 0 Å². The Hall–Kier alpha value is -1.32. The largest absolute Gasteiger partial charge is 0.478 e. The van der Waals surface area contributed by atoms with E-state index in [1.54, 1.807) is 0 Å². The summed E-state index contributed by atoms with van der Waals surface area (Å²) >= 11 is 0. The van der Waals surface area contributed by atoms with E-state index in [0.29, 0.717) is 6.08 Å². The van der Waals surface area contributed by atoms with Gasteiger partial charge in [-0.3, -0.25) is 4.79 Å². The van der Waals surface area contributed by atoms with E-state index in [2.05, 4.69) is 5.73 Å². The van der Waals surface area contributed by atoms with Crippen LogP contribution in [-0.4, -0.2) is 17.0 Å². The zero-order valence-electron chi connectivity index (χ0n) is 4.00. The molecule has 0 unspecified atom stereocenters. The fourth-order valence-electron chi connectivity index (χ4n) is 0.153. The van der Waals surface area contributed by atoms with Crippen molar-refractivity contribution >= 4 is 11.9 Å². The van der Waals surface area contributed by atoms with E-state index in [1.807, 2.05) is 0 Å². The fourth-order valence-corrected chi connectivity index (χ4v) is 0.153. The Balaban J connectivity index is 3.67. The van der Waals surface area contributed by atoms with Gasteiger partial charge in [-0.2, -0.15) is 0 Å². The van der Waals surface area contributed by atoms with Gasteiger partial charge in [0, 0.05) is 12.2 Å². The molecule has 0 aromatic heterocycles. The molecule has 0 fully saturated rings. The zero-order valence-corrected chi connectivity index (χ0v) is 4.00. The quantitative estimate of drug-likeness (QED) is 0.458. The molecule has 1 amide bonds. The van der Waals surface area contributed by atoms with Crippen molar-refractivity contribution in [2.75, 3.05) is 0 Å². The lowest BCUT2D eigenvalue weighted by molar-refractivity contribution is -0.131. The number of carboxylic acid groups (broad SMARTS) is 1. The third-order valence-corrected chi connectivity index (χ3v) is 0.390. The van der Waals surface area contributed by atoms with Gasteiger partial charge >= 0.3 is 5.97 Å². The first-order valence-corrected chi connectivity index (χ1v) is 1.83. The molecule has 0 radical (unpaired) electrons. The topological polar surface area (TPSA) is 80.4 Å². The molecule has 0 aromatic carbocycles.